The van der Waals surface area contributed by atoms with Crippen LogP contribution in [-0.2, 0) is 11.3 Å². The Morgan fingerprint density at radius 2 is 1.91 bits per heavy atom. The van der Waals surface area contributed by atoms with Crippen LogP contribution in [0, 0.1) is 0 Å². The topological polar surface area (TPSA) is 82.2 Å². The van der Waals surface area contributed by atoms with Crippen LogP contribution < -0.4 is 5.32 Å². The molecule has 2 aromatic heterocycles. The fraction of sp³-hybridized carbons (Fsp3) is 0.320. The van der Waals surface area contributed by atoms with Gasteiger partial charge in [-0.2, -0.15) is 0 Å². The highest BCUT2D eigenvalue weighted by Crippen LogP contribution is 2.43. The van der Waals surface area contributed by atoms with Gasteiger partial charge in [-0.05, 0) is 50.5 Å². The van der Waals surface area contributed by atoms with Gasteiger partial charge in [-0.15, -0.1) is 0 Å². The Balaban J connectivity index is 1.44. The zero-order chi connectivity index (χ0) is 21.9. The summed E-state index contributed by atoms with van der Waals surface area (Å²) in [5, 5.41) is 2.99. The Labute approximate surface area is 186 Å². The lowest BCUT2D eigenvalue weighted by atomic mass is 10.2. The molecule has 1 aliphatic carbocycles. The van der Waals surface area contributed by atoms with Gasteiger partial charge in [-0.1, -0.05) is 30.3 Å². The standard InChI is InChI=1S/C25H26N4O3/c1-2-31-16-8-15-29-20-12-7-6-11-19(20)26-25(29)28-23(30)21-22(17-13-14-17)32-24(27-21)18-9-4-3-5-10-18/h3-7,9-12,17H,2,8,13-16H2,1H3,(H,26,28,30). The van der Waals surface area contributed by atoms with Crippen molar-refractivity contribution in [3.63, 3.8) is 0 Å². The minimum atomic E-state index is -0.292. The second-order valence-electron chi connectivity index (χ2n) is 7.95. The third-order valence-electron chi connectivity index (χ3n) is 5.59. The molecule has 0 aliphatic heterocycles. The van der Waals surface area contributed by atoms with Crippen LogP contribution in [0.15, 0.2) is 59.0 Å². The minimum absolute atomic E-state index is 0.255. The van der Waals surface area contributed by atoms with Gasteiger partial charge in [0.05, 0.1) is 11.0 Å². The number of hydrogen-bond acceptors (Lipinski definition) is 5. The maximum Gasteiger partial charge on any atom is 0.280 e. The quantitative estimate of drug-likeness (QED) is 0.367. The third kappa shape index (κ3) is 4.16. The number of aryl methyl sites for hydroxylation is 1. The number of imidazole rings is 1. The average molecular weight is 431 g/mol. The number of carbonyl (C=O) groups excluding carboxylic acids is 1. The van der Waals surface area contributed by atoms with Gasteiger partial charge in [0.15, 0.2) is 5.69 Å². The molecule has 0 bridgehead atoms. The predicted octanol–water partition coefficient (Wildman–Crippen LogP) is 5.25. The molecule has 4 aromatic rings. The van der Waals surface area contributed by atoms with Crippen LogP contribution in [0.5, 0.6) is 0 Å². The summed E-state index contributed by atoms with van der Waals surface area (Å²) in [6.07, 6.45) is 2.85. The molecule has 164 valence electrons. The number of ether oxygens (including phenoxy) is 1. The molecular weight excluding hydrogens is 404 g/mol. The number of carbonyl (C=O) groups is 1. The molecule has 32 heavy (non-hydrogen) atoms. The van der Waals surface area contributed by atoms with Crippen molar-refractivity contribution in [2.75, 3.05) is 18.5 Å². The zero-order valence-electron chi connectivity index (χ0n) is 18.1. The molecule has 1 amide bonds. The van der Waals surface area contributed by atoms with Crippen molar-refractivity contribution in [1.29, 1.82) is 0 Å². The molecule has 7 heteroatoms. The first-order valence-corrected chi connectivity index (χ1v) is 11.1. The monoisotopic (exact) mass is 430 g/mol. The first-order valence-electron chi connectivity index (χ1n) is 11.1. The number of oxazole rings is 1. The summed E-state index contributed by atoms with van der Waals surface area (Å²) in [5.41, 5.74) is 3.02. The molecule has 2 heterocycles. The van der Waals surface area contributed by atoms with Crippen LogP contribution in [0.4, 0.5) is 5.95 Å². The molecule has 1 fully saturated rings. The lowest BCUT2D eigenvalue weighted by molar-refractivity contribution is 0.101. The predicted molar refractivity (Wildman–Crippen MR) is 123 cm³/mol. The van der Waals surface area contributed by atoms with Gasteiger partial charge in [0.1, 0.15) is 5.76 Å². The highest BCUT2D eigenvalue weighted by Gasteiger charge is 2.34. The summed E-state index contributed by atoms with van der Waals surface area (Å²) in [6, 6.07) is 17.6. The van der Waals surface area contributed by atoms with E-state index in [1.165, 1.54) is 0 Å². The van der Waals surface area contributed by atoms with E-state index >= 15 is 0 Å². The van der Waals surface area contributed by atoms with Crippen molar-refractivity contribution in [1.82, 2.24) is 14.5 Å². The molecular formula is C25H26N4O3. The third-order valence-corrected chi connectivity index (χ3v) is 5.59. The minimum Gasteiger partial charge on any atom is -0.440 e. The Kier molecular flexibility index (Phi) is 5.73. The van der Waals surface area contributed by atoms with E-state index in [4.69, 9.17) is 9.15 Å². The first kappa shape index (κ1) is 20.5. The van der Waals surface area contributed by atoms with Gasteiger partial charge < -0.3 is 13.7 Å². The van der Waals surface area contributed by atoms with Gasteiger partial charge in [0.25, 0.3) is 5.91 Å². The maximum absolute atomic E-state index is 13.3. The summed E-state index contributed by atoms with van der Waals surface area (Å²) in [5.74, 6) is 1.62. The second kappa shape index (κ2) is 8.96. The van der Waals surface area contributed by atoms with E-state index in [1.807, 2.05) is 66.1 Å². The lowest BCUT2D eigenvalue weighted by Crippen LogP contribution is -2.18. The molecule has 0 radical (unpaired) electrons. The Morgan fingerprint density at radius 1 is 1.12 bits per heavy atom. The number of nitrogens with one attached hydrogen (secondary N) is 1. The van der Waals surface area contributed by atoms with Crippen LogP contribution in [0.3, 0.4) is 0 Å². The molecule has 0 saturated heterocycles. The number of fused-ring (bicyclic) bond motifs is 1. The second-order valence-corrected chi connectivity index (χ2v) is 7.95. The molecule has 0 spiro atoms. The number of amides is 1. The average Bonchev–Trinajstić information content (AvgIpc) is 3.47. The van der Waals surface area contributed by atoms with E-state index in [0.29, 0.717) is 43.1 Å². The summed E-state index contributed by atoms with van der Waals surface area (Å²) in [4.78, 5) is 22.5. The number of hydrogen-bond donors (Lipinski definition) is 1. The van der Waals surface area contributed by atoms with Crippen molar-refractivity contribution < 1.29 is 13.9 Å². The molecule has 0 atom stereocenters. The van der Waals surface area contributed by atoms with Crippen LogP contribution in [0.1, 0.15) is 48.4 Å². The van der Waals surface area contributed by atoms with Gasteiger partial charge in [-0.3, -0.25) is 10.1 Å². The largest absolute Gasteiger partial charge is 0.440 e. The van der Waals surface area contributed by atoms with E-state index in [9.17, 15) is 4.79 Å². The van der Waals surface area contributed by atoms with Gasteiger partial charge in [0, 0.05) is 31.2 Å². The fourth-order valence-electron chi connectivity index (χ4n) is 3.85. The van der Waals surface area contributed by atoms with Gasteiger partial charge in [0.2, 0.25) is 11.8 Å². The summed E-state index contributed by atoms with van der Waals surface area (Å²) in [7, 11) is 0. The Morgan fingerprint density at radius 3 is 2.69 bits per heavy atom. The summed E-state index contributed by atoms with van der Waals surface area (Å²) >= 11 is 0. The van der Waals surface area contributed by atoms with E-state index < -0.39 is 0 Å². The Hall–Kier alpha value is -3.45. The smallest absolute Gasteiger partial charge is 0.280 e. The van der Waals surface area contributed by atoms with E-state index in [0.717, 1.165) is 35.9 Å². The highest BCUT2D eigenvalue weighted by atomic mass is 16.5. The summed E-state index contributed by atoms with van der Waals surface area (Å²) < 4.78 is 13.6. The SMILES string of the molecule is CCOCCCn1c(NC(=O)c2nc(-c3ccccc3)oc2C2CC2)nc2ccccc21. The number of benzene rings is 2. The van der Waals surface area contributed by atoms with Crippen molar-refractivity contribution >= 4 is 22.9 Å². The first-order chi connectivity index (χ1) is 15.7. The van der Waals surface area contributed by atoms with Gasteiger partial charge >= 0.3 is 0 Å². The van der Waals surface area contributed by atoms with Crippen molar-refractivity contribution in [2.24, 2.45) is 0 Å². The number of rotatable bonds is 9. The van der Waals surface area contributed by atoms with Crippen LogP contribution >= 0.6 is 0 Å². The highest BCUT2D eigenvalue weighted by molar-refractivity contribution is 6.04. The van der Waals surface area contributed by atoms with Crippen molar-refractivity contribution in [3.05, 3.63) is 66.1 Å². The molecule has 0 unspecified atom stereocenters. The van der Waals surface area contributed by atoms with Crippen LogP contribution in [0.25, 0.3) is 22.5 Å². The van der Waals surface area contributed by atoms with Crippen LogP contribution in [-0.4, -0.2) is 33.7 Å². The molecule has 5 rings (SSSR count). The summed E-state index contributed by atoms with van der Waals surface area (Å²) in [6.45, 7) is 4.02. The zero-order valence-corrected chi connectivity index (χ0v) is 18.1. The number of para-hydroxylation sites is 2. The maximum atomic E-state index is 13.3. The normalized spacial score (nSPS) is 13.5. The molecule has 1 saturated carbocycles. The van der Waals surface area contributed by atoms with Crippen molar-refractivity contribution in [2.45, 2.75) is 38.6 Å². The van der Waals surface area contributed by atoms with Crippen molar-refractivity contribution in [3.8, 4) is 11.5 Å². The lowest BCUT2D eigenvalue weighted by Gasteiger charge is -2.10. The van der Waals surface area contributed by atoms with Gasteiger partial charge in [-0.25, -0.2) is 9.97 Å². The molecule has 2 aromatic carbocycles. The fourth-order valence-corrected chi connectivity index (χ4v) is 3.85. The molecule has 7 nitrogen and oxygen atoms in total. The molecule has 1 N–H and O–H groups in total. The van der Waals surface area contributed by atoms with E-state index in [2.05, 4.69) is 15.3 Å². The number of nitrogens with zero attached hydrogens (tertiary/aromatic N) is 3. The number of anilines is 1. The number of aromatic nitrogens is 3. The molecule has 1 aliphatic rings. The van der Waals surface area contributed by atoms with E-state index in [1.54, 1.807) is 0 Å². The van der Waals surface area contributed by atoms with E-state index in [-0.39, 0.29) is 11.8 Å². The Bertz CT molecular complexity index is 1220. The van der Waals surface area contributed by atoms with Crippen LogP contribution in [0.2, 0.25) is 0 Å².